The van der Waals surface area contributed by atoms with E-state index in [-0.39, 0.29) is 37.2 Å². The molecule has 0 spiro atoms. The van der Waals surface area contributed by atoms with Crippen LogP contribution in [0, 0.1) is 0 Å². The smallest absolute Gasteiger partial charge is 1.00 e. The van der Waals surface area contributed by atoms with Gasteiger partial charge in [-0.25, -0.2) is 0 Å². The number of aryl methyl sites for hydroxylation is 3. The van der Waals surface area contributed by atoms with E-state index in [0.29, 0.717) is 0 Å². The standard InChI is InChI=1S/C36H45Si.3ClH.Ti/c1-5-8-11-30-15-22-33(23-16-30)37(36-21-14-29(4)28-36,34-24-17-31(18-25-34)12-9-6-2)35-26-19-32(20-27-35)13-10-7-3;;;;/h14-20,22-27H,5-13,21H2,1-4H3;3*1H;/q;;;;+3/p-3. The Kier molecular flexibility index (Phi) is 17.2. The van der Waals surface area contributed by atoms with Gasteiger partial charge >= 0.3 is 246 Å². The number of unbranched alkanes of at least 4 members (excludes halogenated alkanes) is 3. The number of benzene rings is 3. The van der Waals surface area contributed by atoms with Gasteiger partial charge in [0.05, 0.1) is 0 Å². The van der Waals surface area contributed by atoms with Crippen LogP contribution in [0.3, 0.4) is 0 Å². The minimum atomic E-state index is -2.43. The van der Waals surface area contributed by atoms with Gasteiger partial charge in [-0.05, 0) is 0 Å². The first-order valence-corrected chi connectivity index (χ1v) is 17.7. The van der Waals surface area contributed by atoms with Crippen molar-refractivity contribution in [2.45, 2.75) is 91.9 Å². The van der Waals surface area contributed by atoms with Crippen LogP contribution in [-0.2, 0) is 39.7 Å². The molecule has 3 aromatic carbocycles. The molecule has 0 saturated heterocycles. The molecular formula is C36H45Cl3SiTi. The van der Waals surface area contributed by atoms with Crippen molar-refractivity contribution in [2.75, 3.05) is 0 Å². The van der Waals surface area contributed by atoms with E-state index < -0.39 is 8.07 Å². The quantitative estimate of drug-likeness (QED) is 0.161. The topological polar surface area (TPSA) is 0 Å². The molecule has 218 valence electrons. The fourth-order valence-corrected chi connectivity index (χ4v) is 12.2. The second-order valence-electron chi connectivity index (χ2n) is 11.1. The van der Waals surface area contributed by atoms with E-state index in [1.54, 1.807) is 5.20 Å². The number of allylic oxidation sites excluding steroid dienone is 4. The van der Waals surface area contributed by atoms with Gasteiger partial charge in [-0.1, -0.05) is 0 Å². The summed E-state index contributed by atoms with van der Waals surface area (Å²) in [7, 11) is -2.43. The average Bonchev–Trinajstić information content (AvgIpc) is 3.29. The molecule has 41 heavy (non-hydrogen) atoms. The van der Waals surface area contributed by atoms with Gasteiger partial charge in [0.15, 0.2) is 0 Å². The van der Waals surface area contributed by atoms with Crippen molar-refractivity contribution < 1.29 is 57.7 Å². The summed E-state index contributed by atoms with van der Waals surface area (Å²) < 4.78 is 1.51. The second kappa shape index (κ2) is 18.6. The van der Waals surface area contributed by atoms with Crippen LogP contribution in [0.15, 0.2) is 93.5 Å². The molecule has 5 heteroatoms. The molecule has 0 heterocycles. The fourth-order valence-electron chi connectivity index (χ4n) is 5.97. The summed E-state index contributed by atoms with van der Waals surface area (Å²) in [5.41, 5.74) is 5.86. The molecule has 0 fully saturated rings. The molecule has 0 amide bonds. The monoisotopic (exact) mass is 658 g/mol. The summed E-state index contributed by atoms with van der Waals surface area (Å²) in [4.78, 5) is 0. The third-order valence-corrected chi connectivity index (χ3v) is 14.8. The number of hydrogen-bond acceptors (Lipinski definition) is 0. The van der Waals surface area contributed by atoms with Crippen molar-refractivity contribution in [3.63, 3.8) is 0 Å². The zero-order valence-corrected chi connectivity index (χ0v) is 30.0. The Bertz CT molecular complexity index is 1120. The van der Waals surface area contributed by atoms with Gasteiger partial charge in [-0.3, -0.25) is 0 Å². The molecular weight excluding hydrogens is 615 g/mol. The van der Waals surface area contributed by atoms with Crippen molar-refractivity contribution >= 4 is 23.6 Å². The molecule has 4 rings (SSSR count). The maximum absolute atomic E-state index is 2.49. The predicted octanol–water partition coefficient (Wildman–Crippen LogP) is -1.11. The summed E-state index contributed by atoms with van der Waals surface area (Å²) in [6.07, 6.45) is 14.5. The Morgan fingerprint density at radius 2 is 0.878 bits per heavy atom. The van der Waals surface area contributed by atoms with Crippen molar-refractivity contribution in [1.82, 2.24) is 0 Å². The molecule has 0 atom stereocenters. The summed E-state index contributed by atoms with van der Waals surface area (Å²) in [5, 5.41) is 6.24. The third kappa shape index (κ3) is 8.75. The molecule has 0 aliphatic heterocycles. The van der Waals surface area contributed by atoms with E-state index in [4.69, 9.17) is 0 Å². The van der Waals surface area contributed by atoms with Crippen molar-refractivity contribution in [3.8, 4) is 0 Å². The second-order valence-corrected chi connectivity index (χ2v) is 15.7. The Morgan fingerprint density at radius 3 is 1.12 bits per heavy atom. The Morgan fingerprint density at radius 1 is 0.561 bits per heavy atom. The predicted molar refractivity (Wildman–Crippen MR) is 165 cm³/mol. The first-order valence-electron chi connectivity index (χ1n) is 14.9. The van der Waals surface area contributed by atoms with Crippen molar-refractivity contribution in [1.29, 1.82) is 0 Å². The van der Waals surface area contributed by atoms with Gasteiger partial charge in [0.2, 0.25) is 0 Å². The van der Waals surface area contributed by atoms with Crippen LogP contribution in [0.1, 0.15) is 89.3 Å². The molecule has 3 aromatic rings. The first kappa shape index (κ1) is 38.0. The molecule has 0 aromatic heterocycles. The molecule has 0 nitrogen and oxygen atoms in total. The third-order valence-electron chi connectivity index (χ3n) is 8.38. The van der Waals surface area contributed by atoms with Crippen LogP contribution < -0.4 is 52.8 Å². The summed E-state index contributed by atoms with van der Waals surface area (Å²) >= 11 is 2.37. The van der Waals surface area contributed by atoms with Gasteiger partial charge in [0.25, 0.3) is 0 Å². The Balaban J connectivity index is 0.00000280. The van der Waals surface area contributed by atoms with Gasteiger partial charge in [-0.15, -0.1) is 0 Å². The number of hydrogen-bond donors (Lipinski definition) is 0. The van der Waals surface area contributed by atoms with E-state index in [9.17, 15) is 0 Å². The average molecular weight is 660 g/mol. The molecule has 0 N–H and O–H groups in total. The van der Waals surface area contributed by atoms with Gasteiger partial charge in [0.1, 0.15) is 0 Å². The van der Waals surface area contributed by atoms with Gasteiger partial charge in [-0.2, -0.15) is 0 Å². The largest absolute Gasteiger partial charge is 1.00 e. The summed E-state index contributed by atoms with van der Waals surface area (Å²) in [6.45, 7) is 9.15. The fraction of sp³-hybridized carbons (Fsp3) is 0.389. The molecule has 1 aliphatic rings. The molecule has 0 unspecified atom stereocenters. The van der Waals surface area contributed by atoms with Crippen LogP contribution in [0.25, 0.3) is 0 Å². The molecule has 1 aliphatic carbocycles. The van der Waals surface area contributed by atoms with E-state index in [0.717, 1.165) is 6.42 Å². The first-order chi connectivity index (χ1) is 18.5. The van der Waals surface area contributed by atoms with E-state index in [2.05, 4.69) is 127 Å². The molecule has 0 radical (unpaired) electrons. The van der Waals surface area contributed by atoms with Crippen LogP contribution in [0.5, 0.6) is 0 Å². The summed E-state index contributed by atoms with van der Waals surface area (Å²) in [6, 6.07) is 29.4. The van der Waals surface area contributed by atoms with Gasteiger partial charge < -0.3 is 37.2 Å². The molecule has 0 bridgehead atoms. The maximum atomic E-state index is 2.49. The van der Waals surface area contributed by atoms with Crippen LogP contribution in [0.4, 0.5) is 0 Å². The Hall–Kier alpha value is -1.06. The zero-order valence-electron chi connectivity index (χ0n) is 25.2. The zero-order chi connectivity index (χ0) is 27.0. The maximum Gasteiger partial charge on any atom is -1.00 e. The van der Waals surface area contributed by atoms with E-state index >= 15 is 0 Å². The van der Waals surface area contributed by atoms with Crippen molar-refractivity contribution in [3.05, 3.63) is 110 Å². The normalized spacial score (nSPS) is 12.8. The number of halogens is 3. The van der Waals surface area contributed by atoms with Crippen molar-refractivity contribution in [2.24, 2.45) is 0 Å². The van der Waals surface area contributed by atoms with Crippen LogP contribution in [-0.4, -0.2) is 8.07 Å². The van der Waals surface area contributed by atoms with Crippen LogP contribution >= 0.6 is 0 Å². The molecule has 0 saturated carbocycles. The van der Waals surface area contributed by atoms with E-state index in [1.807, 2.05) is 0 Å². The minimum absolute atomic E-state index is 0. The SMILES string of the molecule is CCCCc1ccc([Si](C2=[C]([Ti+3])C(C)=CC2)(c2ccc(CCCC)cc2)c2ccc(CCCC)cc2)cc1.[Cl-].[Cl-].[Cl-]. The van der Waals surface area contributed by atoms with Crippen LogP contribution in [0.2, 0.25) is 0 Å². The number of rotatable bonds is 13. The summed E-state index contributed by atoms with van der Waals surface area (Å²) in [5.74, 6) is 0. The minimum Gasteiger partial charge on any atom is -1.00 e. The van der Waals surface area contributed by atoms with E-state index in [1.165, 1.54) is 99.5 Å². The van der Waals surface area contributed by atoms with Gasteiger partial charge in [0, 0.05) is 0 Å². The Labute approximate surface area is 281 Å².